The normalized spacial score (nSPS) is 24.0. The Morgan fingerprint density at radius 3 is 2.24 bits per heavy atom. The van der Waals surface area contributed by atoms with Gasteiger partial charge in [0.2, 0.25) is 0 Å². The number of benzene rings is 2. The number of ether oxygens (including phenoxy) is 1. The zero-order chi connectivity index (χ0) is 17.6. The van der Waals surface area contributed by atoms with E-state index in [9.17, 15) is 13.2 Å². The number of fused-ring (bicyclic) bond motifs is 1. The largest absolute Gasteiger partial charge is 0.457 e. The van der Waals surface area contributed by atoms with Crippen LogP contribution in [0.25, 0.3) is 0 Å². The van der Waals surface area contributed by atoms with Crippen molar-refractivity contribution in [2.45, 2.75) is 12.1 Å². The summed E-state index contributed by atoms with van der Waals surface area (Å²) in [4.78, 5) is 13.7. The quantitative estimate of drug-likeness (QED) is 0.642. The summed E-state index contributed by atoms with van der Waals surface area (Å²) in [6.45, 7) is 0. The Hall–Kier alpha value is -2.74. The fraction of sp³-hybridized carbons (Fsp3) is 0.235. The second-order valence-corrected chi connectivity index (χ2v) is 8.39. The van der Waals surface area contributed by atoms with Gasteiger partial charge in [0.25, 0.3) is 0 Å². The van der Waals surface area contributed by atoms with Crippen molar-refractivity contribution in [3.8, 4) is 11.5 Å². The van der Waals surface area contributed by atoms with Crippen LogP contribution >= 0.6 is 0 Å². The van der Waals surface area contributed by atoms with Crippen LogP contribution in [-0.4, -0.2) is 38.0 Å². The van der Waals surface area contributed by atoms with Crippen LogP contribution in [0.3, 0.4) is 0 Å². The molecule has 2 atom stereocenters. The Balaban J connectivity index is 1.53. The third kappa shape index (κ3) is 3.00. The summed E-state index contributed by atoms with van der Waals surface area (Å²) in [5.74, 6) is 1.25. The first-order chi connectivity index (χ1) is 11.9. The van der Waals surface area contributed by atoms with Gasteiger partial charge >= 0.3 is 6.03 Å². The number of hydrogen-bond donors (Lipinski definition) is 2. The molecule has 0 radical (unpaired) electrons. The van der Waals surface area contributed by atoms with E-state index in [1.165, 1.54) is 4.90 Å². The van der Waals surface area contributed by atoms with Crippen LogP contribution in [-0.2, 0) is 9.84 Å². The highest BCUT2D eigenvalue weighted by Crippen LogP contribution is 2.31. The van der Waals surface area contributed by atoms with Gasteiger partial charge in [0.15, 0.2) is 9.84 Å². The molecule has 2 amide bonds. The van der Waals surface area contributed by atoms with Crippen LogP contribution in [0.5, 0.6) is 11.5 Å². The van der Waals surface area contributed by atoms with Crippen molar-refractivity contribution in [2.24, 2.45) is 0 Å². The molecule has 2 heterocycles. The maximum atomic E-state index is 12.2. The fourth-order valence-corrected chi connectivity index (χ4v) is 5.15. The lowest BCUT2D eigenvalue weighted by Gasteiger charge is -2.21. The minimum absolute atomic E-state index is 0.00175. The van der Waals surface area contributed by atoms with E-state index in [0.717, 1.165) is 0 Å². The predicted molar refractivity (Wildman–Crippen MR) is 94.6 cm³/mol. The molecule has 4 rings (SSSR count). The number of nitrogen functional groups attached to an aromatic ring is 1. The third-order valence-corrected chi connectivity index (χ3v) is 6.13. The number of carbonyl (C=O) groups excluding carboxylic acids is 1. The van der Waals surface area contributed by atoms with Crippen LogP contribution < -0.4 is 20.7 Å². The molecule has 130 valence electrons. The van der Waals surface area contributed by atoms with Crippen molar-refractivity contribution in [3.05, 3.63) is 48.5 Å². The second-order valence-electron chi connectivity index (χ2n) is 6.24. The maximum Gasteiger partial charge on any atom is 0.322 e. The highest BCUT2D eigenvalue weighted by Gasteiger charge is 2.49. The number of carbonyl (C=O) groups is 1. The van der Waals surface area contributed by atoms with Crippen molar-refractivity contribution >= 4 is 27.2 Å². The van der Waals surface area contributed by atoms with Crippen molar-refractivity contribution in [3.63, 3.8) is 0 Å². The Morgan fingerprint density at radius 2 is 1.60 bits per heavy atom. The topological polar surface area (TPSA) is 102 Å². The summed E-state index contributed by atoms with van der Waals surface area (Å²) in [5, 5.41) is 2.74. The van der Waals surface area contributed by atoms with E-state index in [2.05, 4.69) is 5.32 Å². The first-order valence-corrected chi connectivity index (χ1v) is 9.67. The zero-order valence-electron chi connectivity index (χ0n) is 13.3. The molecule has 7 nitrogen and oxygen atoms in total. The van der Waals surface area contributed by atoms with Crippen molar-refractivity contribution in [1.29, 1.82) is 0 Å². The summed E-state index contributed by atoms with van der Waals surface area (Å²) < 4.78 is 29.3. The fourth-order valence-electron chi connectivity index (χ4n) is 3.26. The average Bonchev–Trinajstić information content (AvgIpc) is 3.00. The number of nitrogens with zero attached hydrogens (tertiary/aromatic N) is 1. The lowest BCUT2D eigenvalue weighted by molar-refractivity contribution is 0.251. The number of anilines is 2. The molecule has 2 fully saturated rings. The average molecular weight is 359 g/mol. The lowest BCUT2D eigenvalue weighted by atomic mass is 10.1. The number of urea groups is 1. The second kappa shape index (κ2) is 5.66. The summed E-state index contributed by atoms with van der Waals surface area (Å²) >= 11 is 0. The van der Waals surface area contributed by atoms with E-state index in [1.807, 2.05) is 0 Å². The molecule has 8 heteroatoms. The van der Waals surface area contributed by atoms with Gasteiger partial charge in [-0.2, -0.15) is 0 Å². The van der Waals surface area contributed by atoms with Gasteiger partial charge in [-0.15, -0.1) is 0 Å². The number of nitrogens with one attached hydrogen (secondary N) is 1. The molecule has 3 N–H and O–H groups in total. The van der Waals surface area contributed by atoms with Gasteiger partial charge in [-0.05, 0) is 48.5 Å². The molecule has 0 aliphatic carbocycles. The van der Waals surface area contributed by atoms with Crippen molar-refractivity contribution < 1.29 is 17.9 Å². The number of rotatable bonds is 3. The van der Waals surface area contributed by atoms with Gasteiger partial charge in [-0.1, -0.05) is 0 Å². The molecule has 0 aromatic heterocycles. The molecule has 2 aromatic carbocycles. The Labute approximate surface area is 145 Å². The van der Waals surface area contributed by atoms with E-state index in [1.54, 1.807) is 48.5 Å². The molecule has 2 aromatic rings. The number of hydrogen-bond acceptors (Lipinski definition) is 5. The molecular weight excluding hydrogens is 342 g/mol. The lowest BCUT2D eigenvalue weighted by Crippen LogP contribution is -2.36. The summed E-state index contributed by atoms with van der Waals surface area (Å²) in [7, 11) is -3.11. The maximum absolute atomic E-state index is 12.2. The zero-order valence-corrected chi connectivity index (χ0v) is 14.1. The molecular formula is C17H17N3O4S. The SMILES string of the molecule is Nc1ccc(Oc2ccc(N3C(=O)N[C@H]4CS(=O)(=O)C[C@@H]43)cc2)cc1. The van der Waals surface area contributed by atoms with Gasteiger partial charge in [0.1, 0.15) is 11.5 Å². The van der Waals surface area contributed by atoms with E-state index < -0.39 is 9.84 Å². The highest BCUT2D eigenvalue weighted by molar-refractivity contribution is 7.91. The van der Waals surface area contributed by atoms with E-state index in [-0.39, 0.29) is 29.6 Å². The van der Waals surface area contributed by atoms with Crippen LogP contribution in [0.4, 0.5) is 16.2 Å². The molecule has 2 saturated heterocycles. The minimum atomic E-state index is -3.11. The van der Waals surface area contributed by atoms with Gasteiger partial charge < -0.3 is 15.8 Å². The molecule has 0 bridgehead atoms. The highest BCUT2D eigenvalue weighted by atomic mass is 32.2. The van der Waals surface area contributed by atoms with E-state index in [0.29, 0.717) is 22.9 Å². The molecule has 0 saturated carbocycles. The number of amides is 2. The summed E-state index contributed by atoms with van der Waals surface area (Å²) in [5.41, 5.74) is 6.94. The summed E-state index contributed by atoms with van der Waals surface area (Å²) in [6, 6.07) is 13.1. The molecule has 0 unspecified atom stereocenters. The van der Waals surface area contributed by atoms with E-state index in [4.69, 9.17) is 10.5 Å². The smallest absolute Gasteiger partial charge is 0.322 e. The Bertz CT molecular complexity index is 910. The Kier molecular flexibility index (Phi) is 3.57. The molecule has 0 spiro atoms. The number of sulfone groups is 1. The van der Waals surface area contributed by atoms with Gasteiger partial charge in [0, 0.05) is 11.4 Å². The van der Waals surface area contributed by atoms with Crippen LogP contribution in [0.15, 0.2) is 48.5 Å². The monoisotopic (exact) mass is 359 g/mol. The first kappa shape index (κ1) is 15.8. The molecule has 2 aliphatic heterocycles. The standard InChI is InChI=1S/C17H17N3O4S/c18-11-1-5-13(6-2-11)24-14-7-3-12(4-8-14)20-16-10-25(22,23)9-15(16)19-17(20)21/h1-8,15-16H,9-10,18H2,(H,19,21)/t15-,16-/m0/s1. The molecule has 2 aliphatic rings. The summed E-state index contributed by atoms with van der Waals surface area (Å²) in [6.07, 6.45) is 0. The van der Waals surface area contributed by atoms with Gasteiger partial charge in [0.05, 0.1) is 23.6 Å². The minimum Gasteiger partial charge on any atom is -0.457 e. The Morgan fingerprint density at radius 1 is 1.00 bits per heavy atom. The van der Waals surface area contributed by atoms with E-state index >= 15 is 0 Å². The molecule has 25 heavy (non-hydrogen) atoms. The van der Waals surface area contributed by atoms with Crippen molar-refractivity contribution in [2.75, 3.05) is 22.1 Å². The van der Waals surface area contributed by atoms with Crippen LogP contribution in [0.2, 0.25) is 0 Å². The predicted octanol–water partition coefficient (Wildman–Crippen LogP) is 1.76. The van der Waals surface area contributed by atoms with Gasteiger partial charge in [-0.25, -0.2) is 13.2 Å². The third-order valence-electron chi connectivity index (χ3n) is 4.41. The number of nitrogens with two attached hydrogens (primary N) is 1. The first-order valence-electron chi connectivity index (χ1n) is 7.85. The van der Waals surface area contributed by atoms with Crippen LogP contribution in [0.1, 0.15) is 0 Å². The van der Waals surface area contributed by atoms with Crippen molar-refractivity contribution in [1.82, 2.24) is 5.32 Å². The van der Waals surface area contributed by atoms with Gasteiger partial charge in [-0.3, -0.25) is 4.90 Å². The van der Waals surface area contributed by atoms with Crippen LogP contribution in [0, 0.1) is 0 Å².